The smallest absolute Gasteiger partial charge is 0.286 e. The van der Waals surface area contributed by atoms with Crippen molar-refractivity contribution in [2.24, 2.45) is 0 Å². The Bertz CT molecular complexity index is 1140. The normalized spacial score (nSPS) is 15.6. The van der Waals surface area contributed by atoms with Gasteiger partial charge in [-0.3, -0.25) is 4.79 Å². The number of amides is 1. The molecule has 1 aliphatic rings. The molecular formula is C21H23N3O4S. The zero-order valence-corrected chi connectivity index (χ0v) is 17.2. The molecule has 0 spiro atoms. The van der Waals surface area contributed by atoms with Crippen LogP contribution in [-0.4, -0.2) is 51.9 Å². The summed E-state index contributed by atoms with van der Waals surface area (Å²) in [5.74, 6) is 0.00587. The lowest BCUT2D eigenvalue weighted by Gasteiger charge is -2.35. The van der Waals surface area contributed by atoms with Crippen molar-refractivity contribution < 1.29 is 17.6 Å². The number of aryl methyl sites for hydroxylation is 1. The van der Waals surface area contributed by atoms with E-state index >= 15 is 0 Å². The Kier molecular flexibility index (Phi) is 5.06. The van der Waals surface area contributed by atoms with E-state index in [2.05, 4.69) is 10.2 Å². The van der Waals surface area contributed by atoms with Crippen molar-refractivity contribution in [3.63, 3.8) is 0 Å². The molecule has 29 heavy (non-hydrogen) atoms. The average Bonchev–Trinajstić information content (AvgIpc) is 3.17. The Morgan fingerprint density at radius 2 is 1.69 bits per heavy atom. The average molecular weight is 413 g/mol. The Balaban J connectivity index is 1.49. The first-order chi connectivity index (χ1) is 13.9. The van der Waals surface area contributed by atoms with E-state index in [4.69, 9.17) is 4.42 Å². The Hall–Kier alpha value is -2.84. The van der Waals surface area contributed by atoms with Crippen molar-refractivity contribution in [1.82, 2.24) is 9.62 Å². The van der Waals surface area contributed by atoms with Crippen molar-refractivity contribution in [3.8, 4) is 0 Å². The molecule has 1 aromatic heterocycles. The van der Waals surface area contributed by atoms with E-state index in [0.29, 0.717) is 36.7 Å². The number of sulfonamides is 1. The number of nitrogens with one attached hydrogen (secondary N) is 1. The van der Waals surface area contributed by atoms with E-state index in [0.717, 1.165) is 16.6 Å². The zero-order valence-electron chi connectivity index (χ0n) is 16.4. The second kappa shape index (κ2) is 7.53. The zero-order chi connectivity index (χ0) is 20.6. The molecule has 4 rings (SSSR count). The summed E-state index contributed by atoms with van der Waals surface area (Å²) in [6, 6.07) is 14.4. The van der Waals surface area contributed by atoms with Gasteiger partial charge in [0, 0.05) is 44.3 Å². The number of hydrogen-bond acceptors (Lipinski definition) is 5. The van der Waals surface area contributed by atoms with Gasteiger partial charge in [0.2, 0.25) is 10.0 Å². The van der Waals surface area contributed by atoms with Crippen LogP contribution in [0.4, 0.5) is 5.69 Å². The van der Waals surface area contributed by atoms with Crippen LogP contribution in [0.25, 0.3) is 11.0 Å². The maximum atomic E-state index is 12.9. The minimum absolute atomic E-state index is 0.266. The molecule has 1 fully saturated rings. The summed E-state index contributed by atoms with van der Waals surface area (Å²) < 4.78 is 32.8. The highest BCUT2D eigenvalue weighted by atomic mass is 32.2. The molecule has 0 unspecified atom stereocenters. The fraction of sp³-hybridized carbons (Fsp3) is 0.286. The van der Waals surface area contributed by atoms with Crippen LogP contribution < -0.4 is 10.2 Å². The summed E-state index contributed by atoms with van der Waals surface area (Å²) in [5.41, 5.74) is 2.66. The third kappa shape index (κ3) is 3.73. The molecule has 2 heterocycles. The van der Waals surface area contributed by atoms with Gasteiger partial charge in [0.15, 0.2) is 5.76 Å². The lowest BCUT2D eigenvalue weighted by molar-refractivity contribution is 0.0938. The molecule has 7 nitrogen and oxygen atoms in total. The molecule has 1 saturated heterocycles. The van der Waals surface area contributed by atoms with Crippen LogP contribution in [0.5, 0.6) is 0 Å². The van der Waals surface area contributed by atoms with Crippen molar-refractivity contribution in [1.29, 1.82) is 0 Å². The summed E-state index contributed by atoms with van der Waals surface area (Å²) in [4.78, 5) is 14.2. The number of anilines is 1. The number of carbonyl (C=O) groups is 1. The minimum Gasteiger partial charge on any atom is -0.451 e. The SMILES string of the molecule is CNC(=O)c1cc2cc(N3CCN(S(=O)(=O)c4ccc(C)cc4)CC3)ccc2o1. The van der Waals surface area contributed by atoms with Crippen molar-refractivity contribution in [3.05, 3.63) is 59.9 Å². The maximum Gasteiger partial charge on any atom is 0.286 e. The van der Waals surface area contributed by atoms with Crippen molar-refractivity contribution in [2.45, 2.75) is 11.8 Å². The quantitative estimate of drug-likeness (QED) is 0.711. The molecule has 1 amide bonds. The lowest BCUT2D eigenvalue weighted by Crippen LogP contribution is -2.48. The Morgan fingerprint density at radius 3 is 2.34 bits per heavy atom. The van der Waals surface area contributed by atoms with Gasteiger partial charge in [0.1, 0.15) is 5.58 Å². The summed E-state index contributed by atoms with van der Waals surface area (Å²) in [6.45, 7) is 3.96. The van der Waals surface area contributed by atoms with Crippen LogP contribution in [0.3, 0.4) is 0 Å². The predicted molar refractivity (Wildman–Crippen MR) is 112 cm³/mol. The van der Waals surface area contributed by atoms with Gasteiger partial charge in [-0.2, -0.15) is 4.31 Å². The molecule has 0 aliphatic carbocycles. The molecule has 2 aromatic carbocycles. The van der Waals surface area contributed by atoms with Crippen molar-refractivity contribution in [2.75, 3.05) is 38.1 Å². The van der Waals surface area contributed by atoms with Crippen LogP contribution >= 0.6 is 0 Å². The standard InChI is InChI=1S/C21H23N3O4S/c1-15-3-6-18(7-4-15)29(26,27)24-11-9-23(10-12-24)17-5-8-19-16(13-17)14-20(28-19)21(25)22-2/h3-8,13-14H,9-12H2,1-2H3,(H,22,25). The molecule has 0 saturated carbocycles. The predicted octanol–water partition coefficient (Wildman–Crippen LogP) is 2.61. The maximum absolute atomic E-state index is 12.9. The van der Waals surface area contributed by atoms with Crippen LogP contribution in [0.1, 0.15) is 16.1 Å². The third-order valence-electron chi connectivity index (χ3n) is 5.21. The highest BCUT2D eigenvalue weighted by Gasteiger charge is 2.28. The topological polar surface area (TPSA) is 82.9 Å². The first kappa shape index (κ1) is 19.5. The molecule has 152 valence electrons. The van der Waals surface area contributed by atoms with Gasteiger partial charge < -0.3 is 14.6 Å². The summed E-state index contributed by atoms with van der Waals surface area (Å²) in [5, 5.41) is 3.39. The molecular weight excluding hydrogens is 390 g/mol. The molecule has 0 atom stereocenters. The number of furan rings is 1. The number of rotatable bonds is 4. The van der Waals surface area contributed by atoms with Gasteiger partial charge in [-0.15, -0.1) is 0 Å². The van der Waals surface area contributed by atoms with Gasteiger partial charge >= 0.3 is 0 Å². The summed E-state index contributed by atoms with van der Waals surface area (Å²) in [7, 11) is -1.92. The molecule has 0 bridgehead atoms. The summed E-state index contributed by atoms with van der Waals surface area (Å²) in [6.07, 6.45) is 0. The largest absolute Gasteiger partial charge is 0.451 e. The summed E-state index contributed by atoms with van der Waals surface area (Å²) >= 11 is 0. The Morgan fingerprint density at radius 1 is 1.00 bits per heavy atom. The van der Waals surface area contributed by atoms with Crippen molar-refractivity contribution >= 4 is 32.6 Å². The van der Waals surface area contributed by atoms with Gasteiger partial charge in [0.25, 0.3) is 5.91 Å². The van der Waals surface area contributed by atoms with E-state index in [-0.39, 0.29) is 11.7 Å². The van der Waals surface area contributed by atoms with Gasteiger partial charge in [-0.25, -0.2) is 8.42 Å². The molecule has 3 aromatic rings. The number of benzene rings is 2. The fourth-order valence-corrected chi connectivity index (χ4v) is 4.93. The first-order valence-corrected chi connectivity index (χ1v) is 10.9. The van der Waals surface area contributed by atoms with Crippen LogP contribution in [0.2, 0.25) is 0 Å². The number of fused-ring (bicyclic) bond motifs is 1. The monoisotopic (exact) mass is 413 g/mol. The Labute approximate surface area is 170 Å². The van der Waals surface area contributed by atoms with Gasteiger partial charge in [-0.05, 0) is 43.3 Å². The van der Waals surface area contributed by atoms with E-state index in [1.165, 1.54) is 4.31 Å². The molecule has 1 aliphatic heterocycles. The van der Waals surface area contributed by atoms with Gasteiger partial charge in [0.05, 0.1) is 4.90 Å². The number of carbonyl (C=O) groups excluding carboxylic acids is 1. The first-order valence-electron chi connectivity index (χ1n) is 9.46. The van der Waals surface area contributed by atoms with Gasteiger partial charge in [-0.1, -0.05) is 17.7 Å². The minimum atomic E-state index is -3.48. The molecule has 8 heteroatoms. The van der Waals surface area contributed by atoms with E-state index in [9.17, 15) is 13.2 Å². The second-order valence-electron chi connectivity index (χ2n) is 7.12. The molecule has 1 N–H and O–H groups in total. The second-order valence-corrected chi connectivity index (χ2v) is 9.05. The molecule has 0 radical (unpaired) electrons. The van der Waals surface area contributed by atoms with Crippen LogP contribution in [0, 0.1) is 6.92 Å². The van der Waals surface area contributed by atoms with E-state index < -0.39 is 10.0 Å². The number of nitrogens with zero attached hydrogens (tertiary/aromatic N) is 2. The van der Waals surface area contributed by atoms with E-state index in [1.54, 1.807) is 25.2 Å². The van der Waals surface area contributed by atoms with E-state index in [1.807, 2.05) is 37.3 Å². The number of hydrogen-bond donors (Lipinski definition) is 1. The lowest BCUT2D eigenvalue weighted by atomic mass is 10.2. The highest BCUT2D eigenvalue weighted by molar-refractivity contribution is 7.89. The third-order valence-corrected chi connectivity index (χ3v) is 7.13. The van der Waals surface area contributed by atoms with Crippen LogP contribution in [-0.2, 0) is 10.0 Å². The van der Waals surface area contributed by atoms with Crippen LogP contribution in [0.15, 0.2) is 57.8 Å². The number of piperazine rings is 1. The highest BCUT2D eigenvalue weighted by Crippen LogP contribution is 2.27. The fourth-order valence-electron chi connectivity index (χ4n) is 3.51.